The highest BCUT2D eigenvalue weighted by Gasteiger charge is 2.41. The standard InChI is InChI=1S/C10H10FNO3/c11-8-3-1-2-7(4-8)10(6-13)5-12-9(14)15-10/h1-4,13H,5-6H2,(H,12,14). The van der Waals surface area contributed by atoms with Crippen LogP contribution in [0, 0.1) is 5.82 Å². The average molecular weight is 211 g/mol. The van der Waals surface area contributed by atoms with Crippen LogP contribution in [-0.4, -0.2) is 24.4 Å². The van der Waals surface area contributed by atoms with Gasteiger partial charge in [0, 0.05) is 5.56 Å². The van der Waals surface area contributed by atoms with Gasteiger partial charge >= 0.3 is 6.09 Å². The van der Waals surface area contributed by atoms with Crippen molar-refractivity contribution in [3.63, 3.8) is 0 Å². The molecule has 0 saturated carbocycles. The highest BCUT2D eigenvalue weighted by Crippen LogP contribution is 2.28. The summed E-state index contributed by atoms with van der Waals surface area (Å²) in [5, 5.41) is 11.7. The van der Waals surface area contributed by atoms with Crippen molar-refractivity contribution in [3.05, 3.63) is 35.6 Å². The largest absolute Gasteiger partial charge is 0.434 e. The van der Waals surface area contributed by atoms with Crippen LogP contribution in [0.15, 0.2) is 24.3 Å². The third-order valence-electron chi connectivity index (χ3n) is 2.41. The number of alkyl carbamates (subject to hydrolysis) is 1. The molecule has 0 aliphatic carbocycles. The summed E-state index contributed by atoms with van der Waals surface area (Å²) in [5.74, 6) is -0.428. The maximum atomic E-state index is 13.0. The first-order chi connectivity index (χ1) is 7.16. The third-order valence-corrected chi connectivity index (χ3v) is 2.41. The van der Waals surface area contributed by atoms with E-state index in [1.807, 2.05) is 0 Å². The molecule has 4 nitrogen and oxygen atoms in total. The number of halogens is 1. The van der Waals surface area contributed by atoms with Gasteiger partial charge in [-0.15, -0.1) is 0 Å². The van der Waals surface area contributed by atoms with Crippen LogP contribution in [0.4, 0.5) is 9.18 Å². The Hall–Kier alpha value is -1.62. The average Bonchev–Trinajstić information content (AvgIpc) is 2.61. The highest BCUT2D eigenvalue weighted by molar-refractivity contribution is 5.70. The van der Waals surface area contributed by atoms with Gasteiger partial charge < -0.3 is 15.2 Å². The van der Waals surface area contributed by atoms with Crippen molar-refractivity contribution in [3.8, 4) is 0 Å². The zero-order valence-corrected chi connectivity index (χ0v) is 7.87. The molecule has 2 rings (SSSR count). The van der Waals surface area contributed by atoms with Crippen molar-refractivity contribution in [2.45, 2.75) is 5.60 Å². The maximum absolute atomic E-state index is 13.0. The Morgan fingerprint density at radius 1 is 1.60 bits per heavy atom. The van der Waals surface area contributed by atoms with E-state index in [1.54, 1.807) is 6.07 Å². The fourth-order valence-electron chi connectivity index (χ4n) is 1.58. The summed E-state index contributed by atoms with van der Waals surface area (Å²) in [6.45, 7) is -0.235. The van der Waals surface area contributed by atoms with Crippen molar-refractivity contribution in [2.24, 2.45) is 0 Å². The second-order valence-corrected chi connectivity index (χ2v) is 3.41. The molecule has 1 aromatic rings. The fraction of sp³-hybridized carbons (Fsp3) is 0.300. The molecule has 1 atom stereocenters. The van der Waals surface area contributed by atoms with Gasteiger partial charge in [-0.05, 0) is 12.1 Å². The number of hydrogen-bond donors (Lipinski definition) is 2. The van der Waals surface area contributed by atoms with Crippen LogP contribution in [0.3, 0.4) is 0 Å². The second-order valence-electron chi connectivity index (χ2n) is 3.41. The molecule has 2 N–H and O–H groups in total. The van der Waals surface area contributed by atoms with E-state index >= 15 is 0 Å². The minimum Gasteiger partial charge on any atom is -0.434 e. The molecule has 1 unspecified atom stereocenters. The number of carbonyl (C=O) groups excluding carboxylic acids is 1. The minimum absolute atomic E-state index is 0.145. The normalized spacial score (nSPS) is 24.8. The number of cyclic esters (lactones) is 1. The molecule has 1 aliphatic heterocycles. The molecule has 0 spiro atoms. The predicted molar refractivity (Wildman–Crippen MR) is 49.6 cm³/mol. The Bertz CT molecular complexity index is 396. The van der Waals surface area contributed by atoms with E-state index < -0.39 is 17.5 Å². The second kappa shape index (κ2) is 3.51. The Balaban J connectivity index is 2.38. The Labute approximate surface area is 85.7 Å². The molecule has 1 fully saturated rings. The van der Waals surface area contributed by atoms with E-state index in [0.717, 1.165) is 0 Å². The zero-order chi connectivity index (χ0) is 10.9. The number of rotatable bonds is 2. The molecule has 0 aromatic heterocycles. The molecule has 15 heavy (non-hydrogen) atoms. The summed E-state index contributed by atoms with van der Waals surface area (Å²) >= 11 is 0. The van der Waals surface area contributed by atoms with Crippen LogP contribution in [0.2, 0.25) is 0 Å². The minimum atomic E-state index is -1.15. The smallest absolute Gasteiger partial charge is 0.408 e. The lowest BCUT2D eigenvalue weighted by molar-refractivity contribution is 0.00373. The first-order valence-corrected chi connectivity index (χ1v) is 4.50. The fourth-order valence-corrected chi connectivity index (χ4v) is 1.58. The van der Waals surface area contributed by atoms with Gasteiger partial charge in [0.15, 0.2) is 5.60 Å². The zero-order valence-electron chi connectivity index (χ0n) is 7.87. The Kier molecular flexibility index (Phi) is 2.32. The van der Waals surface area contributed by atoms with E-state index in [4.69, 9.17) is 4.74 Å². The van der Waals surface area contributed by atoms with Gasteiger partial charge in [-0.3, -0.25) is 0 Å². The van der Waals surface area contributed by atoms with E-state index in [2.05, 4.69) is 5.32 Å². The lowest BCUT2D eigenvalue weighted by atomic mass is 9.95. The summed E-state index contributed by atoms with van der Waals surface area (Å²) in [4.78, 5) is 10.9. The third kappa shape index (κ3) is 1.66. The summed E-state index contributed by atoms with van der Waals surface area (Å²) in [6.07, 6.45) is -0.603. The van der Waals surface area contributed by atoms with Gasteiger partial charge in [-0.25, -0.2) is 9.18 Å². The van der Waals surface area contributed by atoms with Gasteiger partial charge in [-0.1, -0.05) is 12.1 Å². The number of aliphatic hydroxyl groups excluding tert-OH is 1. The molecular weight excluding hydrogens is 201 g/mol. The summed E-state index contributed by atoms with van der Waals surface area (Å²) < 4.78 is 18.0. The summed E-state index contributed by atoms with van der Waals surface area (Å²) in [6, 6.07) is 5.66. The van der Waals surface area contributed by atoms with Crippen molar-refractivity contribution in [1.82, 2.24) is 5.32 Å². The van der Waals surface area contributed by atoms with E-state index in [9.17, 15) is 14.3 Å². The van der Waals surface area contributed by atoms with E-state index in [1.165, 1.54) is 18.2 Å². The molecular formula is C10H10FNO3. The lowest BCUT2D eigenvalue weighted by Gasteiger charge is -2.24. The predicted octanol–water partition coefficient (Wildman–Crippen LogP) is 0.753. The van der Waals surface area contributed by atoms with Gasteiger partial charge in [0.2, 0.25) is 0 Å². The van der Waals surface area contributed by atoms with Crippen LogP contribution < -0.4 is 5.32 Å². The van der Waals surface area contributed by atoms with Crippen LogP contribution in [0.5, 0.6) is 0 Å². The van der Waals surface area contributed by atoms with Crippen molar-refractivity contribution < 1.29 is 19.0 Å². The maximum Gasteiger partial charge on any atom is 0.408 e. The number of carbonyl (C=O) groups is 1. The highest BCUT2D eigenvalue weighted by atomic mass is 19.1. The van der Waals surface area contributed by atoms with E-state index in [-0.39, 0.29) is 13.2 Å². The van der Waals surface area contributed by atoms with Crippen molar-refractivity contribution in [1.29, 1.82) is 0 Å². The van der Waals surface area contributed by atoms with E-state index in [0.29, 0.717) is 5.56 Å². The molecule has 80 valence electrons. The molecule has 1 saturated heterocycles. The number of amides is 1. The number of aliphatic hydroxyl groups is 1. The number of ether oxygens (including phenoxy) is 1. The molecule has 1 heterocycles. The number of hydrogen-bond acceptors (Lipinski definition) is 3. The van der Waals surface area contributed by atoms with Gasteiger partial charge in [0.05, 0.1) is 13.2 Å². The molecule has 0 bridgehead atoms. The molecule has 0 radical (unpaired) electrons. The Morgan fingerprint density at radius 3 is 2.93 bits per heavy atom. The van der Waals surface area contributed by atoms with Gasteiger partial charge in [0.1, 0.15) is 5.82 Å². The number of benzene rings is 1. The molecule has 1 aromatic carbocycles. The van der Waals surface area contributed by atoms with Crippen molar-refractivity contribution >= 4 is 6.09 Å². The quantitative estimate of drug-likeness (QED) is 0.759. The monoisotopic (exact) mass is 211 g/mol. The van der Waals surface area contributed by atoms with Crippen LogP contribution in [-0.2, 0) is 10.3 Å². The van der Waals surface area contributed by atoms with Crippen LogP contribution in [0.1, 0.15) is 5.56 Å². The summed E-state index contributed by atoms with van der Waals surface area (Å²) in [5.41, 5.74) is -0.706. The first kappa shape index (κ1) is 9.92. The lowest BCUT2D eigenvalue weighted by Crippen LogP contribution is -2.34. The van der Waals surface area contributed by atoms with Crippen molar-refractivity contribution in [2.75, 3.05) is 13.2 Å². The first-order valence-electron chi connectivity index (χ1n) is 4.50. The topological polar surface area (TPSA) is 58.6 Å². The molecule has 1 aliphatic rings. The van der Waals surface area contributed by atoms with Crippen LogP contribution in [0.25, 0.3) is 0 Å². The SMILES string of the molecule is O=C1NCC(CO)(c2cccc(F)c2)O1. The summed E-state index contributed by atoms with van der Waals surface area (Å²) in [7, 11) is 0. The van der Waals surface area contributed by atoms with Crippen LogP contribution >= 0.6 is 0 Å². The Morgan fingerprint density at radius 2 is 2.40 bits per heavy atom. The molecule has 5 heteroatoms. The van der Waals surface area contributed by atoms with Gasteiger partial charge in [0.25, 0.3) is 0 Å². The molecule has 1 amide bonds. The van der Waals surface area contributed by atoms with Gasteiger partial charge in [-0.2, -0.15) is 0 Å². The number of nitrogens with one attached hydrogen (secondary N) is 1.